The maximum absolute atomic E-state index is 10.1. The van der Waals surface area contributed by atoms with Crippen molar-refractivity contribution < 1.29 is 5.11 Å². The molecule has 0 amide bonds. The summed E-state index contributed by atoms with van der Waals surface area (Å²) in [6.45, 7) is 7.31. The smallest absolute Gasteiger partial charge is 0.0833 e. The Bertz CT molecular complexity index is 216. The van der Waals surface area contributed by atoms with Crippen LogP contribution in [-0.2, 0) is 0 Å². The molecule has 2 unspecified atom stereocenters. The first-order chi connectivity index (χ1) is 7.37. The summed E-state index contributed by atoms with van der Waals surface area (Å²) >= 11 is 1.71. The maximum Gasteiger partial charge on any atom is 0.0833 e. The zero-order valence-corrected chi connectivity index (χ0v) is 12.0. The number of nitrogens with one attached hydrogen (secondary N) is 1. The van der Waals surface area contributed by atoms with Gasteiger partial charge in [-0.3, -0.25) is 0 Å². The summed E-state index contributed by atoms with van der Waals surface area (Å²) in [6.07, 6.45) is 7.27. The summed E-state index contributed by atoms with van der Waals surface area (Å²) in [5.74, 6) is 0.799. The van der Waals surface area contributed by atoms with Crippen molar-refractivity contribution in [3.8, 4) is 0 Å². The van der Waals surface area contributed by atoms with E-state index >= 15 is 0 Å². The minimum atomic E-state index is -0.576. The Labute approximate surface area is 105 Å². The Morgan fingerprint density at radius 3 is 2.69 bits per heavy atom. The second kappa shape index (κ2) is 5.74. The molecule has 1 aliphatic rings. The number of rotatable bonds is 5. The fourth-order valence-corrected chi connectivity index (χ4v) is 3.30. The molecule has 0 spiro atoms. The third-order valence-corrected chi connectivity index (χ3v) is 4.60. The average Bonchev–Trinajstić information content (AvgIpc) is 2.15. The molecule has 2 nitrogen and oxygen atoms in total. The van der Waals surface area contributed by atoms with Gasteiger partial charge in [0.05, 0.1) is 5.60 Å². The lowest BCUT2D eigenvalue weighted by molar-refractivity contribution is 0.0663. The SMILES string of the molecule is CSCC(C)(O)CNC1CCCCC1(C)C. The topological polar surface area (TPSA) is 32.3 Å². The van der Waals surface area contributed by atoms with E-state index in [-0.39, 0.29) is 0 Å². The molecule has 3 heteroatoms. The Hall–Kier alpha value is 0.270. The lowest BCUT2D eigenvalue weighted by atomic mass is 9.73. The largest absolute Gasteiger partial charge is 0.388 e. The van der Waals surface area contributed by atoms with Crippen molar-refractivity contribution in [2.75, 3.05) is 18.6 Å². The number of hydrogen-bond acceptors (Lipinski definition) is 3. The van der Waals surface area contributed by atoms with Gasteiger partial charge in [0.25, 0.3) is 0 Å². The molecule has 1 aliphatic carbocycles. The minimum Gasteiger partial charge on any atom is -0.388 e. The molecule has 0 radical (unpaired) electrons. The van der Waals surface area contributed by atoms with Crippen LogP contribution in [0.25, 0.3) is 0 Å². The van der Waals surface area contributed by atoms with E-state index in [1.54, 1.807) is 11.8 Å². The lowest BCUT2D eigenvalue weighted by Gasteiger charge is -2.40. The standard InChI is InChI=1S/C13H27NOS/c1-12(2)8-6-5-7-11(12)14-9-13(3,15)10-16-4/h11,14-15H,5-10H2,1-4H3. The number of thioether (sulfide) groups is 1. The monoisotopic (exact) mass is 245 g/mol. The van der Waals surface area contributed by atoms with Crippen molar-refractivity contribution in [2.45, 2.75) is 58.1 Å². The molecule has 2 N–H and O–H groups in total. The molecule has 0 aromatic rings. The highest BCUT2D eigenvalue weighted by Gasteiger charge is 2.33. The van der Waals surface area contributed by atoms with E-state index in [4.69, 9.17) is 0 Å². The highest BCUT2D eigenvalue weighted by atomic mass is 32.2. The van der Waals surface area contributed by atoms with Crippen molar-refractivity contribution >= 4 is 11.8 Å². The van der Waals surface area contributed by atoms with E-state index in [2.05, 4.69) is 19.2 Å². The number of hydrogen-bond donors (Lipinski definition) is 2. The van der Waals surface area contributed by atoms with Crippen LogP contribution < -0.4 is 5.32 Å². The van der Waals surface area contributed by atoms with Gasteiger partial charge in [-0.15, -0.1) is 0 Å². The van der Waals surface area contributed by atoms with E-state index in [0.717, 1.165) is 5.75 Å². The van der Waals surface area contributed by atoms with Crippen LogP contribution in [0.15, 0.2) is 0 Å². The molecular weight excluding hydrogens is 218 g/mol. The summed E-state index contributed by atoms with van der Waals surface area (Å²) in [4.78, 5) is 0. The lowest BCUT2D eigenvalue weighted by Crippen LogP contribution is -2.50. The molecular formula is C13H27NOS. The zero-order chi connectivity index (χ0) is 12.2. The molecule has 16 heavy (non-hydrogen) atoms. The first kappa shape index (κ1) is 14.3. The van der Waals surface area contributed by atoms with Crippen LogP contribution in [-0.4, -0.2) is 35.3 Å². The van der Waals surface area contributed by atoms with Crippen molar-refractivity contribution in [1.82, 2.24) is 5.32 Å². The third kappa shape index (κ3) is 4.27. The Morgan fingerprint density at radius 2 is 2.12 bits per heavy atom. The molecule has 1 fully saturated rings. The predicted octanol–water partition coefficient (Wildman–Crippen LogP) is 2.66. The van der Waals surface area contributed by atoms with Crippen LogP contribution in [0.1, 0.15) is 46.5 Å². The molecule has 0 bridgehead atoms. The second-order valence-corrected chi connectivity index (χ2v) is 6.96. The van der Waals surface area contributed by atoms with Gasteiger partial charge >= 0.3 is 0 Å². The normalized spacial score (nSPS) is 28.7. The Morgan fingerprint density at radius 1 is 1.44 bits per heavy atom. The van der Waals surface area contributed by atoms with E-state index in [9.17, 15) is 5.11 Å². The molecule has 1 saturated carbocycles. The van der Waals surface area contributed by atoms with E-state index < -0.39 is 5.60 Å². The highest BCUT2D eigenvalue weighted by molar-refractivity contribution is 7.98. The van der Waals surface area contributed by atoms with Gasteiger partial charge in [0.2, 0.25) is 0 Å². The van der Waals surface area contributed by atoms with Crippen molar-refractivity contribution in [1.29, 1.82) is 0 Å². The van der Waals surface area contributed by atoms with Gasteiger partial charge in [0.15, 0.2) is 0 Å². The first-order valence-electron chi connectivity index (χ1n) is 6.32. The molecule has 96 valence electrons. The Balaban J connectivity index is 2.41. The summed E-state index contributed by atoms with van der Waals surface area (Å²) in [5.41, 5.74) is -0.194. The van der Waals surface area contributed by atoms with Crippen molar-refractivity contribution in [2.24, 2.45) is 5.41 Å². The quantitative estimate of drug-likeness (QED) is 0.781. The molecule has 0 aromatic heterocycles. The van der Waals surface area contributed by atoms with Crippen LogP contribution in [0.2, 0.25) is 0 Å². The number of aliphatic hydroxyl groups is 1. The van der Waals surface area contributed by atoms with Crippen LogP contribution in [0.3, 0.4) is 0 Å². The van der Waals surface area contributed by atoms with E-state index in [0.29, 0.717) is 18.0 Å². The van der Waals surface area contributed by atoms with E-state index in [1.807, 2.05) is 13.2 Å². The summed E-state index contributed by atoms with van der Waals surface area (Å²) in [7, 11) is 0. The van der Waals surface area contributed by atoms with Gasteiger partial charge < -0.3 is 10.4 Å². The average molecular weight is 245 g/mol. The summed E-state index contributed by atoms with van der Waals surface area (Å²) < 4.78 is 0. The van der Waals surface area contributed by atoms with Crippen LogP contribution in [0.5, 0.6) is 0 Å². The minimum absolute atomic E-state index is 0.383. The summed E-state index contributed by atoms with van der Waals surface area (Å²) in [6, 6.07) is 0.564. The molecule has 0 heterocycles. The van der Waals surface area contributed by atoms with Crippen LogP contribution in [0, 0.1) is 5.41 Å². The van der Waals surface area contributed by atoms with Gasteiger partial charge in [0.1, 0.15) is 0 Å². The zero-order valence-electron chi connectivity index (χ0n) is 11.2. The van der Waals surface area contributed by atoms with E-state index in [1.165, 1.54) is 25.7 Å². The van der Waals surface area contributed by atoms with Gasteiger partial charge in [-0.1, -0.05) is 26.7 Å². The van der Waals surface area contributed by atoms with Gasteiger partial charge in [-0.05, 0) is 31.4 Å². The fourth-order valence-electron chi connectivity index (χ4n) is 2.58. The van der Waals surface area contributed by atoms with Crippen molar-refractivity contribution in [3.05, 3.63) is 0 Å². The molecule has 1 rings (SSSR count). The van der Waals surface area contributed by atoms with Crippen LogP contribution >= 0.6 is 11.8 Å². The molecule has 0 aromatic carbocycles. The predicted molar refractivity (Wildman–Crippen MR) is 73.0 cm³/mol. The van der Waals surface area contributed by atoms with Gasteiger partial charge in [-0.25, -0.2) is 0 Å². The van der Waals surface area contributed by atoms with Gasteiger partial charge in [0, 0.05) is 18.3 Å². The fraction of sp³-hybridized carbons (Fsp3) is 1.00. The molecule has 2 atom stereocenters. The molecule has 0 aliphatic heterocycles. The second-order valence-electron chi connectivity index (χ2n) is 6.10. The first-order valence-corrected chi connectivity index (χ1v) is 7.71. The molecule has 0 saturated heterocycles. The summed E-state index contributed by atoms with van der Waals surface area (Å²) in [5, 5.41) is 13.7. The highest BCUT2D eigenvalue weighted by Crippen LogP contribution is 2.35. The maximum atomic E-state index is 10.1. The Kier molecular flexibility index (Phi) is 5.14. The van der Waals surface area contributed by atoms with Gasteiger partial charge in [-0.2, -0.15) is 11.8 Å². The van der Waals surface area contributed by atoms with Crippen LogP contribution in [0.4, 0.5) is 0 Å². The van der Waals surface area contributed by atoms with Crippen molar-refractivity contribution in [3.63, 3.8) is 0 Å². The third-order valence-electron chi connectivity index (χ3n) is 3.69.